The molecule has 30 heavy (non-hydrogen) atoms. The molecule has 1 heterocycles. The van der Waals surface area contributed by atoms with E-state index in [1.807, 2.05) is 12.4 Å². The van der Waals surface area contributed by atoms with E-state index in [1.54, 1.807) is 0 Å². The van der Waals surface area contributed by atoms with E-state index >= 15 is 0 Å². The van der Waals surface area contributed by atoms with Gasteiger partial charge in [-0.15, -0.1) is 0 Å². The highest BCUT2D eigenvalue weighted by atomic mass is 14.6. The molecule has 0 atom stereocenters. The van der Waals surface area contributed by atoms with Crippen molar-refractivity contribution in [2.75, 3.05) is 0 Å². The molecule has 1 heteroatoms. The van der Waals surface area contributed by atoms with Gasteiger partial charge in [0.05, 0.1) is 0 Å². The average molecular weight is 392 g/mol. The van der Waals surface area contributed by atoms with Crippen molar-refractivity contribution >= 4 is 0 Å². The minimum Gasteiger partial charge on any atom is -0.265 e. The lowest BCUT2D eigenvalue weighted by molar-refractivity contribution is 0.867. The molecule has 0 saturated carbocycles. The van der Waals surface area contributed by atoms with Gasteiger partial charge in [0.1, 0.15) is 0 Å². The summed E-state index contributed by atoms with van der Waals surface area (Å²) in [6, 6.07) is 29.0. The van der Waals surface area contributed by atoms with Gasteiger partial charge in [-0.3, -0.25) is 4.98 Å². The van der Waals surface area contributed by atoms with Crippen molar-refractivity contribution in [3.8, 4) is 33.4 Å². The normalized spacial score (nSPS) is 11.3. The van der Waals surface area contributed by atoms with Crippen LogP contribution >= 0.6 is 0 Å². The lowest BCUT2D eigenvalue weighted by Gasteiger charge is -2.13. The van der Waals surface area contributed by atoms with E-state index in [1.165, 1.54) is 44.5 Å². The number of rotatable bonds is 5. The van der Waals surface area contributed by atoms with Gasteiger partial charge in [-0.1, -0.05) is 76.2 Å². The fourth-order valence-electron chi connectivity index (χ4n) is 3.79. The monoisotopic (exact) mass is 391 g/mol. The number of hydrogen-bond acceptors (Lipinski definition) is 1. The zero-order valence-electron chi connectivity index (χ0n) is 18.3. The second kappa shape index (κ2) is 8.67. The molecule has 4 rings (SSSR count). The van der Waals surface area contributed by atoms with Crippen molar-refractivity contribution < 1.29 is 0 Å². The second-order valence-corrected chi connectivity index (χ2v) is 8.59. The van der Waals surface area contributed by atoms with Crippen LogP contribution in [-0.4, -0.2) is 4.98 Å². The molecular formula is C29H29N. The standard InChI is InChI=1S/C29H29N/c1-20(2)22-5-9-24(10-6-22)27-17-28(25-11-7-23(8-12-25)21(3)4)19-29(18-27)26-13-15-30-16-14-26/h5-21H,1-4H3. The Labute approximate surface area is 180 Å². The lowest BCUT2D eigenvalue weighted by atomic mass is 9.92. The molecule has 0 aliphatic carbocycles. The van der Waals surface area contributed by atoms with Gasteiger partial charge in [0.15, 0.2) is 0 Å². The molecule has 0 fully saturated rings. The van der Waals surface area contributed by atoms with Crippen LogP contribution in [0.15, 0.2) is 91.3 Å². The SMILES string of the molecule is CC(C)c1ccc(-c2cc(-c3ccncc3)cc(-c3ccc(C(C)C)cc3)c2)cc1. The first-order valence-corrected chi connectivity index (χ1v) is 10.8. The van der Waals surface area contributed by atoms with E-state index in [2.05, 4.69) is 112 Å². The average Bonchev–Trinajstić information content (AvgIpc) is 2.79. The maximum Gasteiger partial charge on any atom is 0.0273 e. The number of pyridine rings is 1. The Kier molecular flexibility index (Phi) is 5.81. The Morgan fingerprint density at radius 2 is 0.767 bits per heavy atom. The third-order valence-corrected chi connectivity index (χ3v) is 5.77. The lowest BCUT2D eigenvalue weighted by Crippen LogP contribution is -1.90. The number of hydrogen-bond donors (Lipinski definition) is 0. The highest BCUT2D eigenvalue weighted by Crippen LogP contribution is 2.33. The number of benzene rings is 3. The second-order valence-electron chi connectivity index (χ2n) is 8.59. The molecule has 4 aromatic rings. The largest absolute Gasteiger partial charge is 0.265 e. The van der Waals surface area contributed by atoms with Crippen molar-refractivity contribution in [2.45, 2.75) is 39.5 Å². The molecule has 0 aliphatic rings. The molecule has 0 saturated heterocycles. The summed E-state index contributed by atoms with van der Waals surface area (Å²) in [6.07, 6.45) is 3.72. The smallest absolute Gasteiger partial charge is 0.0273 e. The van der Waals surface area contributed by atoms with Gasteiger partial charge in [-0.2, -0.15) is 0 Å². The molecule has 0 radical (unpaired) electrons. The molecule has 0 aliphatic heterocycles. The highest BCUT2D eigenvalue weighted by Gasteiger charge is 2.09. The van der Waals surface area contributed by atoms with Gasteiger partial charge in [-0.05, 0) is 86.7 Å². The molecule has 0 amide bonds. The first kappa shape index (κ1) is 20.1. The van der Waals surface area contributed by atoms with Crippen molar-refractivity contribution in [1.29, 1.82) is 0 Å². The van der Waals surface area contributed by atoms with E-state index in [9.17, 15) is 0 Å². The topological polar surface area (TPSA) is 12.9 Å². The minimum absolute atomic E-state index is 0.539. The Bertz CT molecular complexity index is 1040. The van der Waals surface area contributed by atoms with Crippen LogP contribution in [-0.2, 0) is 0 Å². The first-order valence-electron chi connectivity index (χ1n) is 10.8. The molecule has 0 spiro atoms. The maximum atomic E-state index is 4.18. The van der Waals surface area contributed by atoms with Gasteiger partial charge in [0.2, 0.25) is 0 Å². The van der Waals surface area contributed by atoms with Gasteiger partial charge in [-0.25, -0.2) is 0 Å². The molecule has 0 N–H and O–H groups in total. The van der Waals surface area contributed by atoms with Crippen molar-refractivity contribution in [2.24, 2.45) is 0 Å². The van der Waals surface area contributed by atoms with E-state index < -0.39 is 0 Å². The van der Waals surface area contributed by atoms with Crippen LogP contribution in [0, 0.1) is 0 Å². The fourth-order valence-corrected chi connectivity index (χ4v) is 3.79. The summed E-state index contributed by atoms with van der Waals surface area (Å²) in [7, 11) is 0. The summed E-state index contributed by atoms with van der Waals surface area (Å²) in [4.78, 5) is 4.18. The Hall–Kier alpha value is -3.19. The molecule has 1 aromatic heterocycles. The molecule has 3 aromatic carbocycles. The van der Waals surface area contributed by atoms with E-state index in [4.69, 9.17) is 0 Å². The summed E-state index contributed by atoms with van der Waals surface area (Å²) in [6.45, 7) is 8.94. The summed E-state index contributed by atoms with van der Waals surface area (Å²) in [5, 5.41) is 0. The van der Waals surface area contributed by atoms with Gasteiger partial charge >= 0.3 is 0 Å². The Morgan fingerprint density at radius 3 is 1.10 bits per heavy atom. The van der Waals surface area contributed by atoms with Crippen LogP contribution in [0.25, 0.3) is 33.4 Å². The van der Waals surface area contributed by atoms with Gasteiger partial charge in [0, 0.05) is 12.4 Å². The highest BCUT2D eigenvalue weighted by molar-refractivity contribution is 5.81. The van der Waals surface area contributed by atoms with E-state index in [-0.39, 0.29) is 0 Å². The van der Waals surface area contributed by atoms with Crippen molar-refractivity contribution in [1.82, 2.24) is 4.98 Å². The van der Waals surface area contributed by atoms with E-state index in [0.717, 1.165) is 0 Å². The van der Waals surface area contributed by atoms with Crippen LogP contribution in [0.1, 0.15) is 50.7 Å². The van der Waals surface area contributed by atoms with Crippen LogP contribution in [0.5, 0.6) is 0 Å². The molecule has 0 bridgehead atoms. The quantitative estimate of drug-likeness (QED) is 0.333. The Morgan fingerprint density at radius 1 is 0.433 bits per heavy atom. The first-order chi connectivity index (χ1) is 14.5. The van der Waals surface area contributed by atoms with Gasteiger partial charge in [0.25, 0.3) is 0 Å². The zero-order chi connectivity index (χ0) is 21.1. The summed E-state index contributed by atoms with van der Waals surface area (Å²) in [5.41, 5.74) is 10.1. The van der Waals surface area contributed by atoms with Crippen molar-refractivity contribution in [3.05, 3.63) is 102 Å². The van der Waals surface area contributed by atoms with Gasteiger partial charge < -0.3 is 0 Å². The third kappa shape index (κ3) is 4.36. The minimum atomic E-state index is 0.539. The summed E-state index contributed by atoms with van der Waals surface area (Å²) in [5.74, 6) is 1.08. The van der Waals surface area contributed by atoms with Crippen LogP contribution in [0.2, 0.25) is 0 Å². The molecular weight excluding hydrogens is 362 g/mol. The fraction of sp³-hybridized carbons (Fsp3) is 0.207. The number of aromatic nitrogens is 1. The van der Waals surface area contributed by atoms with Crippen LogP contribution in [0.3, 0.4) is 0 Å². The summed E-state index contributed by atoms with van der Waals surface area (Å²) >= 11 is 0. The Balaban J connectivity index is 1.82. The molecule has 1 nitrogen and oxygen atoms in total. The predicted octanol–water partition coefficient (Wildman–Crippen LogP) is 8.33. The molecule has 0 unspecified atom stereocenters. The number of nitrogens with zero attached hydrogens (tertiary/aromatic N) is 1. The van der Waals surface area contributed by atoms with Crippen molar-refractivity contribution in [3.63, 3.8) is 0 Å². The summed E-state index contributed by atoms with van der Waals surface area (Å²) < 4.78 is 0. The third-order valence-electron chi connectivity index (χ3n) is 5.77. The predicted molar refractivity (Wildman–Crippen MR) is 129 cm³/mol. The van der Waals surface area contributed by atoms with Crippen LogP contribution in [0.4, 0.5) is 0 Å². The maximum absolute atomic E-state index is 4.18. The van der Waals surface area contributed by atoms with Crippen LogP contribution < -0.4 is 0 Å². The zero-order valence-corrected chi connectivity index (χ0v) is 18.3. The molecule has 150 valence electrons. The van der Waals surface area contributed by atoms with E-state index in [0.29, 0.717) is 11.8 Å².